The molecule has 2 nitrogen and oxygen atoms in total. The van der Waals surface area contributed by atoms with E-state index in [4.69, 9.17) is 4.42 Å². The van der Waals surface area contributed by atoms with Crippen LogP contribution in [0.2, 0.25) is 0 Å². The summed E-state index contributed by atoms with van der Waals surface area (Å²) >= 11 is 1.81. The van der Waals surface area contributed by atoms with Crippen molar-refractivity contribution in [3.63, 3.8) is 0 Å². The average Bonchev–Trinajstić information content (AvgIpc) is 2.87. The van der Waals surface area contributed by atoms with Crippen molar-refractivity contribution in [1.29, 1.82) is 0 Å². The molecular formula is C14H19NOS. The molecule has 0 aromatic carbocycles. The predicted molar refractivity (Wildman–Crippen MR) is 72.7 cm³/mol. The summed E-state index contributed by atoms with van der Waals surface area (Å²) in [7, 11) is 2.01. The van der Waals surface area contributed by atoms with Gasteiger partial charge in [-0.2, -0.15) is 0 Å². The van der Waals surface area contributed by atoms with Crippen molar-refractivity contribution < 1.29 is 4.42 Å². The van der Waals surface area contributed by atoms with Crippen LogP contribution >= 0.6 is 11.3 Å². The van der Waals surface area contributed by atoms with Crippen LogP contribution in [-0.4, -0.2) is 7.05 Å². The van der Waals surface area contributed by atoms with Crippen LogP contribution in [0.15, 0.2) is 21.9 Å². The Hall–Kier alpha value is -1.06. The highest BCUT2D eigenvalue weighted by molar-refractivity contribution is 7.09. The lowest BCUT2D eigenvalue weighted by atomic mass is 9.99. The van der Waals surface area contributed by atoms with E-state index in [-0.39, 0.29) is 0 Å². The van der Waals surface area contributed by atoms with Crippen molar-refractivity contribution in [2.24, 2.45) is 0 Å². The Bertz CT molecular complexity index is 485. The third-order valence-electron chi connectivity index (χ3n) is 3.30. The molecule has 0 saturated heterocycles. The van der Waals surface area contributed by atoms with Gasteiger partial charge in [0.25, 0.3) is 0 Å². The van der Waals surface area contributed by atoms with Crippen LogP contribution in [-0.2, 0) is 6.42 Å². The second-order valence-corrected chi connectivity index (χ2v) is 5.41. The lowest BCUT2D eigenvalue weighted by Crippen LogP contribution is -2.19. The van der Waals surface area contributed by atoms with E-state index in [1.54, 1.807) is 0 Å². The molecule has 17 heavy (non-hydrogen) atoms. The minimum absolute atomic E-state index is 0.339. The van der Waals surface area contributed by atoms with Crippen molar-refractivity contribution >= 4 is 11.3 Å². The second-order valence-electron chi connectivity index (χ2n) is 4.38. The Morgan fingerprint density at radius 1 is 1.29 bits per heavy atom. The number of furan rings is 1. The fourth-order valence-corrected chi connectivity index (χ4v) is 3.05. The molecule has 0 amide bonds. The van der Waals surface area contributed by atoms with Gasteiger partial charge in [-0.15, -0.1) is 11.3 Å². The van der Waals surface area contributed by atoms with Crippen molar-refractivity contribution in [1.82, 2.24) is 5.32 Å². The summed E-state index contributed by atoms with van der Waals surface area (Å²) in [5.74, 6) is 2.07. The number of thiophene rings is 1. The first kappa shape index (κ1) is 12.4. The molecule has 2 rings (SSSR count). The van der Waals surface area contributed by atoms with Gasteiger partial charge in [-0.25, -0.2) is 0 Å². The van der Waals surface area contributed by atoms with Crippen molar-refractivity contribution in [2.45, 2.75) is 33.2 Å². The molecule has 0 aliphatic carbocycles. The van der Waals surface area contributed by atoms with E-state index in [0.29, 0.717) is 6.04 Å². The maximum Gasteiger partial charge on any atom is 0.106 e. The van der Waals surface area contributed by atoms with Gasteiger partial charge in [0.05, 0.1) is 0 Å². The van der Waals surface area contributed by atoms with Crippen LogP contribution in [0.3, 0.4) is 0 Å². The molecule has 3 heteroatoms. The lowest BCUT2D eigenvalue weighted by molar-refractivity contribution is 0.490. The fourth-order valence-electron chi connectivity index (χ4n) is 2.30. The molecule has 1 atom stereocenters. The second kappa shape index (κ2) is 5.07. The number of hydrogen-bond acceptors (Lipinski definition) is 3. The van der Waals surface area contributed by atoms with Gasteiger partial charge in [0.15, 0.2) is 0 Å². The quantitative estimate of drug-likeness (QED) is 0.892. The smallest absolute Gasteiger partial charge is 0.106 e. The average molecular weight is 249 g/mol. The van der Waals surface area contributed by atoms with Crippen molar-refractivity contribution in [2.75, 3.05) is 7.05 Å². The van der Waals surface area contributed by atoms with Crippen molar-refractivity contribution in [3.05, 3.63) is 45.0 Å². The summed E-state index contributed by atoms with van der Waals surface area (Å²) in [6.07, 6.45) is 1.02. The SMILES string of the molecule is CNC(Cc1cccs1)c1c(C)oc(C)c1C. The normalized spacial score (nSPS) is 12.9. The maximum absolute atomic E-state index is 5.71. The molecule has 0 aliphatic rings. The highest BCUT2D eigenvalue weighted by Gasteiger charge is 2.20. The summed E-state index contributed by atoms with van der Waals surface area (Å²) in [6.45, 7) is 6.22. The van der Waals surface area contributed by atoms with Gasteiger partial charge < -0.3 is 9.73 Å². The summed E-state index contributed by atoms with van der Waals surface area (Å²) in [4.78, 5) is 1.40. The van der Waals surface area contributed by atoms with Crippen LogP contribution in [0.4, 0.5) is 0 Å². The van der Waals surface area contributed by atoms with Gasteiger partial charge in [0, 0.05) is 22.9 Å². The van der Waals surface area contributed by atoms with Gasteiger partial charge in [0.1, 0.15) is 11.5 Å². The van der Waals surface area contributed by atoms with Crippen LogP contribution in [0.5, 0.6) is 0 Å². The fraction of sp³-hybridized carbons (Fsp3) is 0.429. The topological polar surface area (TPSA) is 25.2 Å². The minimum atomic E-state index is 0.339. The van der Waals surface area contributed by atoms with Crippen LogP contribution < -0.4 is 5.32 Å². The number of aryl methyl sites for hydroxylation is 2. The van der Waals surface area contributed by atoms with Crippen LogP contribution in [0, 0.1) is 20.8 Å². The molecule has 1 unspecified atom stereocenters. The van der Waals surface area contributed by atoms with Crippen molar-refractivity contribution in [3.8, 4) is 0 Å². The molecule has 92 valence electrons. The lowest BCUT2D eigenvalue weighted by Gasteiger charge is -2.16. The molecule has 1 N–H and O–H groups in total. The minimum Gasteiger partial charge on any atom is -0.466 e. The van der Waals surface area contributed by atoms with Crippen LogP contribution in [0.25, 0.3) is 0 Å². The van der Waals surface area contributed by atoms with E-state index >= 15 is 0 Å². The van der Waals surface area contributed by atoms with E-state index < -0.39 is 0 Å². The summed E-state index contributed by atoms with van der Waals surface area (Å²) < 4.78 is 5.71. The highest BCUT2D eigenvalue weighted by atomic mass is 32.1. The zero-order valence-corrected chi connectivity index (χ0v) is 11.6. The molecule has 0 saturated carbocycles. The summed E-state index contributed by atoms with van der Waals surface area (Å²) in [6, 6.07) is 4.63. The summed E-state index contributed by atoms with van der Waals surface area (Å²) in [5, 5.41) is 5.53. The number of likely N-dealkylation sites (N-methyl/N-ethyl adjacent to an activating group) is 1. The van der Waals surface area contributed by atoms with Gasteiger partial charge in [-0.1, -0.05) is 6.07 Å². The molecule has 0 fully saturated rings. The van der Waals surface area contributed by atoms with E-state index in [9.17, 15) is 0 Å². The maximum atomic E-state index is 5.71. The monoisotopic (exact) mass is 249 g/mol. The summed E-state index contributed by atoms with van der Waals surface area (Å²) in [5.41, 5.74) is 2.59. The molecule has 0 bridgehead atoms. The first-order chi connectivity index (χ1) is 8.13. The third kappa shape index (κ3) is 2.45. The Morgan fingerprint density at radius 3 is 2.53 bits per heavy atom. The largest absolute Gasteiger partial charge is 0.466 e. The van der Waals surface area contributed by atoms with Gasteiger partial charge in [-0.05, 0) is 44.8 Å². The highest BCUT2D eigenvalue weighted by Crippen LogP contribution is 2.29. The van der Waals surface area contributed by atoms with Gasteiger partial charge in [-0.3, -0.25) is 0 Å². The Kier molecular flexibility index (Phi) is 3.69. The molecule has 0 spiro atoms. The van der Waals surface area contributed by atoms with Gasteiger partial charge in [0.2, 0.25) is 0 Å². The Balaban J connectivity index is 2.29. The van der Waals surface area contributed by atoms with Crippen LogP contribution in [0.1, 0.15) is 33.6 Å². The van der Waals surface area contributed by atoms with E-state index in [1.807, 2.05) is 32.2 Å². The van der Waals surface area contributed by atoms with E-state index in [1.165, 1.54) is 16.0 Å². The zero-order chi connectivity index (χ0) is 12.4. The number of hydrogen-bond donors (Lipinski definition) is 1. The first-order valence-corrected chi connectivity index (χ1v) is 6.77. The standard InChI is InChI=1S/C14H19NOS/c1-9-10(2)16-11(3)14(9)13(15-4)8-12-6-5-7-17-12/h5-7,13,15H,8H2,1-4H3. The van der Waals surface area contributed by atoms with E-state index in [0.717, 1.165) is 17.9 Å². The molecule has 0 radical (unpaired) electrons. The Labute approximate surface area is 107 Å². The van der Waals surface area contributed by atoms with Gasteiger partial charge >= 0.3 is 0 Å². The predicted octanol–water partition coefficient (Wildman–Crippen LogP) is 3.77. The zero-order valence-electron chi connectivity index (χ0n) is 10.8. The molecule has 2 heterocycles. The molecule has 2 aromatic heterocycles. The number of rotatable bonds is 4. The third-order valence-corrected chi connectivity index (χ3v) is 4.20. The number of nitrogens with one attached hydrogen (secondary N) is 1. The molecule has 2 aromatic rings. The molecule has 0 aliphatic heterocycles. The Morgan fingerprint density at radius 2 is 2.06 bits per heavy atom. The first-order valence-electron chi connectivity index (χ1n) is 5.89. The van der Waals surface area contributed by atoms with E-state index in [2.05, 4.69) is 29.8 Å². The molecular weight excluding hydrogens is 230 g/mol.